The molecule has 2 aliphatic heterocycles. The Hall–Kier alpha value is -0.170. The fourth-order valence-corrected chi connectivity index (χ4v) is 3.59. The zero-order valence-electron chi connectivity index (χ0n) is 10.4. The molecular weight excluding hydrogens is 240 g/mol. The minimum atomic E-state index is -3.29. The first-order valence-corrected chi connectivity index (χ1v) is 7.88. The molecule has 2 fully saturated rings. The van der Waals surface area contributed by atoms with Crippen LogP contribution in [0.25, 0.3) is 0 Å². The van der Waals surface area contributed by atoms with E-state index in [-0.39, 0.29) is 6.10 Å². The molecule has 17 heavy (non-hydrogen) atoms. The van der Waals surface area contributed by atoms with E-state index < -0.39 is 10.2 Å². The van der Waals surface area contributed by atoms with E-state index in [2.05, 4.69) is 11.6 Å². The van der Waals surface area contributed by atoms with E-state index in [1.807, 2.05) is 0 Å². The SMILES string of the molecule is CC1CCN(S(=O)(=O)NC[C@H]2CCCO2)CC1. The van der Waals surface area contributed by atoms with Crippen molar-refractivity contribution in [3.05, 3.63) is 0 Å². The highest BCUT2D eigenvalue weighted by Gasteiger charge is 2.27. The van der Waals surface area contributed by atoms with Gasteiger partial charge in [0.2, 0.25) is 0 Å². The maximum absolute atomic E-state index is 12.0. The molecule has 0 aromatic heterocycles. The summed E-state index contributed by atoms with van der Waals surface area (Å²) >= 11 is 0. The molecule has 0 aromatic carbocycles. The Morgan fingerprint density at radius 1 is 1.29 bits per heavy atom. The third-order valence-electron chi connectivity index (χ3n) is 3.60. The maximum Gasteiger partial charge on any atom is 0.279 e. The molecular formula is C11H22N2O3S. The van der Waals surface area contributed by atoms with Crippen LogP contribution in [0.2, 0.25) is 0 Å². The van der Waals surface area contributed by atoms with Gasteiger partial charge in [-0.2, -0.15) is 17.4 Å². The number of nitrogens with one attached hydrogen (secondary N) is 1. The van der Waals surface area contributed by atoms with Gasteiger partial charge in [0.05, 0.1) is 6.10 Å². The largest absolute Gasteiger partial charge is 0.377 e. The molecule has 0 radical (unpaired) electrons. The number of piperidine rings is 1. The summed E-state index contributed by atoms with van der Waals surface area (Å²) in [5.74, 6) is 0.639. The van der Waals surface area contributed by atoms with Crippen molar-refractivity contribution in [2.45, 2.75) is 38.7 Å². The van der Waals surface area contributed by atoms with Gasteiger partial charge in [0.25, 0.3) is 10.2 Å². The number of hydrogen-bond acceptors (Lipinski definition) is 3. The zero-order chi connectivity index (χ0) is 12.3. The Kier molecular flexibility index (Phi) is 4.41. The van der Waals surface area contributed by atoms with Crippen LogP contribution in [0.3, 0.4) is 0 Å². The topological polar surface area (TPSA) is 58.6 Å². The summed E-state index contributed by atoms with van der Waals surface area (Å²) in [5.41, 5.74) is 0. The van der Waals surface area contributed by atoms with Gasteiger partial charge < -0.3 is 4.74 Å². The molecule has 2 saturated heterocycles. The summed E-state index contributed by atoms with van der Waals surface area (Å²) in [5, 5.41) is 0. The van der Waals surface area contributed by atoms with E-state index in [9.17, 15) is 8.42 Å². The van der Waals surface area contributed by atoms with E-state index in [1.54, 1.807) is 4.31 Å². The van der Waals surface area contributed by atoms with Gasteiger partial charge in [-0.05, 0) is 31.6 Å². The van der Waals surface area contributed by atoms with Crippen molar-refractivity contribution in [2.75, 3.05) is 26.2 Å². The molecule has 6 heteroatoms. The third-order valence-corrected chi connectivity index (χ3v) is 5.18. The van der Waals surface area contributed by atoms with Gasteiger partial charge in [-0.1, -0.05) is 6.92 Å². The quantitative estimate of drug-likeness (QED) is 0.812. The van der Waals surface area contributed by atoms with Crippen LogP contribution in [0, 0.1) is 5.92 Å². The first-order valence-electron chi connectivity index (χ1n) is 6.44. The maximum atomic E-state index is 12.0. The monoisotopic (exact) mass is 262 g/mol. The summed E-state index contributed by atoms with van der Waals surface area (Å²) in [6.07, 6.45) is 3.97. The normalized spacial score (nSPS) is 28.6. The van der Waals surface area contributed by atoms with Gasteiger partial charge >= 0.3 is 0 Å². The Morgan fingerprint density at radius 2 is 2.00 bits per heavy atom. The van der Waals surface area contributed by atoms with E-state index in [1.165, 1.54) is 0 Å². The van der Waals surface area contributed by atoms with Gasteiger partial charge in [0.15, 0.2) is 0 Å². The van der Waals surface area contributed by atoms with Gasteiger partial charge in [-0.15, -0.1) is 0 Å². The third kappa shape index (κ3) is 3.64. The summed E-state index contributed by atoms with van der Waals surface area (Å²) in [6, 6.07) is 0. The second-order valence-electron chi connectivity index (χ2n) is 5.07. The summed E-state index contributed by atoms with van der Waals surface area (Å²) in [7, 11) is -3.29. The standard InChI is InChI=1S/C11H22N2O3S/c1-10-4-6-13(7-5-10)17(14,15)12-9-11-3-2-8-16-11/h10-12H,2-9H2,1H3/t11-/m1/s1. The Balaban J connectivity index is 1.81. The lowest BCUT2D eigenvalue weighted by Gasteiger charge is -2.29. The predicted molar refractivity (Wildman–Crippen MR) is 65.9 cm³/mol. The van der Waals surface area contributed by atoms with Gasteiger partial charge in [-0.3, -0.25) is 0 Å². The first kappa shape index (κ1) is 13.3. The van der Waals surface area contributed by atoms with Crippen molar-refractivity contribution >= 4 is 10.2 Å². The number of rotatable bonds is 4. The Bertz CT molecular complexity index is 331. The smallest absolute Gasteiger partial charge is 0.279 e. The number of nitrogens with zero attached hydrogens (tertiary/aromatic N) is 1. The van der Waals surface area contributed by atoms with E-state index in [4.69, 9.17) is 4.74 Å². The number of hydrogen-bond donors (Lipinski definition) is 1. The average Bonchev–Trinajstić information content (AvgIpc) is 2.80. The molecule has 1 atom stereocenters. The average molecular weight is 262 g/mol. The predicted octanol–water partition coefficient (Wildman–Crippen LogP) is 0.732. The highest BCUT2D eigenvalue weighted by atomic mass is 32.2. The molecule has 0 aromatic rings. The molecule has 1 N–H and O–H groups in total. The minimum absolute atomic E-state index is 0.0634. The highest BCUT2D eigenvalue weighted by Crippen LogP contribution is 2.18. The molecule has 0 unspecified atom stereocenters. The van der Waals surface area contributed by atoms with Gasteiger partial charge in [0, 0.05) is 26.2 Å². The van der Waals surface area contributed by atoms with Gasteiger partial charge in [0.1, 0.15) is 0 Å². The highest BCUT2D eigenvalue weighted by molar-refractivity contribution is 7.87. The fourth-order valence-electron chi connectivity index (χ4n) is 2.32. The second kappa shape index (κ2) is 5.65. The van der Waals surface area contributed by atoms with E-state index in [0.717, 1.165) is 32.3 Å². The molecule has 100 valence electrons. The van der Waals surface area contributed by atoms with Crippen LogP contribution in [-0.4, -0.2) is 45.1 Å². The van der Waals surface area contributed by atoms with Gasteiger partial charge in [-0.25, -0.2) is 0 Å². The van der Waals surface area contributed by atoms with Crippen LogP contribution in [0.4, 0.5) is 0 Å². The molecule has 0 saturated carbocycles. The van der Waals surface area contributed by atoms with Crippen molar-refractivity contribution in [3.8, 4) is 0 Å². The van der Waals surface area contributed by atoms with Crippen molar-refractivity contribution in [2.24, 2.45) is 5.92 Å². The summed E-state index contributed by atoms with van der Waals surface area (Å²) in [6.45, 7) is 4.62. The van der Waals surface area contributed by atoms with Crippen LogP contribution in [0.15, 0.2) is 0 Å². The number of ether oxygens (including phenoxy) is 1. The molecule has 2 heterocycles. The molecule has 0 bridgehead atoms. The summed E-state index contributed by atoms with van der Waals surface area (Å²) < 4.78 is 33.6. The van der Waals surface area contributed by atoms with Crippen LogP contribution >= 0.6 is 0 Å². The molecule has 2 rings (SSSR count). The van der Waals surface area contributed by atoms with Crippen molar-refractivity contribution in [1.82, 2.24) is 9.03 Å². The molecule has 5 nitrogen and oxygen atoms in total. The summed E-state index contributed by atoms with van der Waals surface area (Å²) in [4.78, 5) is 0. The van der Waals surface area contributed by atoms with E-state index >= 15 is 0 Å². The second-order valence-corrected chi connectivity index (χ2v) is 6.83. The lowest BCUT2D eigenvalue weighted by molar-refractivity contribution is 0.114. The van der Waals surface area contributed by atoms with Crippen LogP contribution in [-0.2, 0) is 14.9 Å². The van der Waals surface area contributed by atoms with Crippen LogP contribution < -0.4 is 4.72 Å². The molecule has 0 amide bonds. The minimum Gasteiger partial charge on any atom is -0.377 e. The first-order chi connectivity index (χ1) is 8.08. The van der Waals surface area contributed by atoms with Crippen molar-refractivity contribution in [1.29, 1.82) is 0 Å². The van der Waals surface area contributed by atoms with Crippen molar-refractivity contribution in [3.63, 3.8) is 0 Å². The molecule has 0 spiro atoms. The lowest BCUT2D eigenvalue weighted by Crippen LogP contribution is -2.46. The zero-order valence-corrected chi connectivity index (χ0v) is 11.2. The fraction of sp³-hybridized carbons (Fsp3) is 1.00. The lowest BCUT2D eigenvalue weighted by atomic mass is 10.0. The van der Waals surface area contributed by atoms with Crippen molar-refractivity contribution < 1.29 is 13.2 Å². The van der Waals surface area contributed by atoms with Crippen LogP contribution in [0.5, 0.6) is 0 Å². The Morgan fingerprint density at radius 3 is 2.59 bits per heavy atom. The van der Waals surface area contributed by atoms with Crippen LogP contribution in [0.1, 0.15) is 32.6 Å². The van der Waals surface area contributed by atoms with E-state index in [0.29, 0.717) is 25.6 Å². The molecule has 0 aliphatic carbocycles. The molecule has 2 aliphatic rings. The Labute approximate surface area is 104 Å².